The first-order valence-corrected chi connectivity index (χ1v) is 5.57. The summed E-state index contributed by atoms with van der Waals surface area (Å²) in [5.41, 5.74) is 5.71. The molecule has 0 aliphatic carbocycles. The smallest absolute Gasteiger partial charge is 0.132 e. The van der Waals surface area contributed by atoms with Gasteiger partial charge in [-0.15, -0.1) is 0 Å². The standard InChI is InChI=1S/C14H12F3NO/c1-19-12-4-2-3-11(17)13(12)14(18)9-7-8(15)5-6-10(9)16/h2-7,14H,18H2,1H3. The maximum Gasteiger partial charge on any atom is 0.132 e. The lowest BCUT2D eigenvalue weighted by Crippen LogP contribution is -2.16. The largest absolute Gasteiger partial charge is 0.496 e. The second-order valence-electron chi connectivity index (χ2n) is 4.00. The van der Waals surface area contributed by atoms with Crippen molar-refractivity contribution >= 4 is 0 Å². The molecule has 1 atom stereocenters. The number of nitrogens with two attached hydrogens (primary N) is 1. The summed E-state index contributed by atoms with van der Waals surface area (Å²) in [5.74, 6) is -1.77. The minimum absolute atomic E-state index is 0.00509. The van der Waals surface area contributed by atoms with Crippen molar-refractivity contribution in [2.45, 2.75) is 6.04 Å². The first-order valence-electron chi connectivity index (χ1n) is 5.57. The Balaban J connectivity index is 2.55. The average Bonchev–Trinajstić information content (AvgIpc) is 2.40. The summed E-state index contributed by atoms with van der Waals surface area (Å²) in [4.78, 5) is 0. The predicted molar refractivity (Wildman–Crippen MR) is 65.3 cm³/mol. The molecule has 1 unspecified atom stereocenters. The minimum Gasteiger partial charge on any atom is -0.496 e. The Labute approximate surface area is 108 Å². The van der Waals surface area contributed by atoms with Crippen molar-refractivity contribution in [2.75, 3.05) is 7.11 Å². The monoisotopic (exact) mass is 267 g/mol. The van der Waals surface area contributed by atoms with Gasteiger partial charge in [-0.2, -0.15) is 0 Å². The highest BCUT2D eigenvalue weighted by molar-refractivity contribution is 5.42. The molecule has 0 amide bonds. The Bertz CT molecular complexity index is 601. The van der Waals surface area contributed by atoms with Crippen LogP contribution in [0.15, 0.2) is 36.4 Å². The normalized spacial score (nSPS) is 12.3. The molecule has 0 aromatic heterocycles. The van der Waals surface area contributed by atoms with Gasteiger partial charge >= 0.3 is 0 Å². The Hall–Kier alpha value is -2.01. The van der Waals surface area contributed by atoms with Crippen molar-refractivity contribution < 1.29 is 17.9 Å². The molecule has 2 rings (SSSR count). The fourth-order valence-electron chi connectivity index (χ4n) is 1.91. The summed E-state index contributed by atoms with van der Waals surface area (Å²) >= 11 is 0. The van der Waals surface area contributed by atoms with Crippen molar-refractivity contribution in [3.8, 4) is 5.75 Å². The molecule has 0 aliphatic heterocycles. The van der Waals surface area contributed by atoms with Gasteiger partial charge in [0.25, 0.3) is 0 Å². The van der Waals surface area contributed by atoms with E-state index in [-0.39, 0.29) is 16.9 Å². The van der Waals surface area contributed by atoms with Crippen LogP contribution in [0.5, 0.6) is 5.75 Å². The van der Waals surface area contributed by atoms with Gasteiger partial charge in [-0.1, -0.05) is 6.07 Å². The highest BCUT2D eigenvalue weighted by Gasteiger charge is 2.21. The molecule has 0 saturated heterocycles. The van der Waals surface area contributed by atoms with Gasteiger partial charge < -0.3 is 10.5 Å². The van der Waals surface area contributed by atoms with Crippen molar-refractivity contribution in [1.29, 1.82) is 0 Å². The van der Waals surface area contributed by atoms with Gasteiger partial charge in [0.2, 0.25) is 0 Å². The van der Waals surface area contributed by atoms with Crippen molar-refractivity contribution in [1.82, 2.24) is 0 Å². The number of hydrogen-bond acceptors (Lipinski definition) is 2. The van der Waals surface area contributed by atoms with E-state index in [9.17, 15) is 13.2 Å². The summed E-state index contributed by atoms with van der Waals surface area (Å²) in [7, 11) is 1.35. The summed E-state index contributed by atoms with van der Waals surface area (Å²) in [6.45, 7) is 0. The Morgan fingerprint density at radius 1 is 1.05 bits per heavy atom. The lowest BCUT2D eigenvalue weighted by Gasteiger charge is -2.17. The van der Waals surface area contributed by atoms with Gasteiger partial charge in [-0.25, -0.2) is 13.2 Å². The molecular weight excluding hydrogens is 255 g/mol. The van der Waals surface area contributed by atoms with E-state index in [1.807, 2.05) is 0 Å². The molecular formula is C14H12F3NO. The predicted octanol–water partition coefficient (Wildman–Crippen LogP) is 3.16. The first-order chi connectivity index (χ1) is 9.04. The van der Waals surface area contributed by atoms with E-state index in [0.29, 0.717) is 0 Å². The van der Waals surface area contributed by atoms with Gasteiger partial charge in [0.15, 0.2) is 0 Å². The van der Waals surface area contributed by atoms with E-state index in [1.165, 1.54) is 25.3 Å². The summed E-state index contributed by atoms with van der Waals surface area (Å²) in [6.07, 6.45) is 0. The number of hydrogen-bond donors (Lipinski definition) is 1. The molecule has 0 spiro atoms. The summed E-state index contributed by atoms with van der Waals surface area (Å²) in [6, 6.07) is 5.89. The van der Waals surface area contributed by atoms with E-state index in [4.69, 9.17) is 10.5 Å². The van der Waals surface area contributed by atoms with Gasteiger partial charge in [-0.3, -0.25) is 0 Å². The number of ether oxygens (including phenoxy) is 1. The molecule has 100 valence electrons. The van der Waals surface area contributed by atoms with Crippen LogP contribution in [0.25, 0.3) is 0 Å². The first kappa shape index (κ1) is 13.4. The van der Waals surface area contributed by atoms with E-state index in [1.54, 1.807) is 0 Å². The van der Waals surface area contributed by atoms with Crippen LogP contribution in [0.2, 0.25) is 0 Å². The lowest BCUT2D eigenvalue weighted by atomic mass is 9.97. The highest BCUT2D eigenvalue weighted by atomic mass is 19.1. The second-order valence-corrected chi connectivity index (χ2v) is 4.00. The fourth-order valence-corrected chi connectivity index (χ4v) is 1.91. The molecule has 2 aromatic rings. The molecule has 19 heavy (non-hydrogen) atoms. The Morgan fingerprint density at radius 3 is 2.47 bits per heavy atom. The van der Waals surface area contributed by atoms with Crippen LogP contribution in [0.1, 0.15) is 17.2 Å². The number of halogens is 3. The van der Waals surface area contributed by atoms with Crippen LogP contribution in [0.4, 0.5) is 13.2 Å². The van der Waals surface area contributed by atoms with Gasteiger partial charge in [-0.05, 0) is 30.3 Å². The highest BCUT2D eigenvalue weighted by Crippen LogP contribution is 2.31. The minimum atomic E-state index is -1.15. The number of methoxy groups -OCH3 is 1. The zero-order valence-electron chi connectivity index (χ0n) is 10.2. The zero-order valence-corrected chi connectivity index (χ0v) is 10.2. The Morgan fingerprint density at radius 2 is 1.79 bits per heavy atom. The van der Waals surface area contributed by atoms with Gasteiger partial charge in [0.05, 0.1) is 18.7 Å². The third-order valence-electron chi connectivity index (χ3n) is 2.84. The molecule has 0 radical (unpaired) electrons. The second kappa shape index (κ2) is 5.32. The quantitative estimate of drug-likeness (QED) is 0.927. The molecule has 0 fully saturated rings. The van der Waals surface area contributed by atoms with E-state index >= 15 is 0 Å². The van der Waals surface area contributed by atoms with Crippen LogP contribution in [-0.4, -0.2) is 7.11 Å². The van der Waals surface area contributed by atoms with Crippen molar-refractivity contribution in [2.24, 2.45) is 5.73 Å². The Kier molecular flexibility index (Phi) is 3.76. The number of rotatable bonds is 3. The molecule has 2 nitrogen and oxygen atoms in total. The maximum absolute atomic E-state index is 13.8. The molecule has 2 aromatic carbocycles. The fraction of sp³-hybridized carbons (Fsp3) is 0.143. The molecule has 5 heteroatoms. The topological polar surface area (TPSA) is 35.2 Å². The molecule has 0 saturated carbocycles. The zero-order chi connectivity index (χ0) is 14.0. The van der Waals surface area contributed by atoms with E-state index in [0.717, 1.165) is 18.2 Å². The van der Waals surface area contributed by atoms with Gasteiger partial charge in [0, 0.05) is 5.56 Å². The van der Waals surface area contributed by atoms with Crippen LogP contribution < -0.4 is 10.5 Å². The molecule has 0 bridgehead atoms. The van der Waals surface area contributed by atoms with Crippen LogP contribution in [0, 0.1) is 17.5 Å². The summed E-state index contributed by atoms with van der Waals surface area (Å²) in [5, 5.41) is 0. The molecule has 0 aliphatic rings. The van der Waals surface area contributed by atoms with Gasteiger partial charge in [0.1, 0.15) is 23.2 Å². The van der Waals surface area contributed by atoms with Crippen molar-refractivity contribution in [3.63, 3.8) is 0 Å². The maximum atomic E-state index is 13.8. The number of benzene rings is 2. The van der Waals surface area contributed by atoms with E-state index in [2.05, 4.69) is 0 Å². The van der Waals surface area contributed by atoms with Crippen LogP contribution in [0.3, 0.4) is 0 Å². The average molecular weight is 267 g/mol. The molecule has 2 N–H and O–H groups in total. The lowest BCUT2D eigenvalue weighted by molar-refractivity contribution is 0.401. The van der Waals surface area contributed by atoms with Crippen molar-refractivity contribution in [3.05, 3.63) is 65.0 Å². The van der Waals surface area contributed by atoms with Crippen LogP contribution in [-0.2, 0) is 0 Å². The molecule has 0 heterocycles. The third kappa shape index (κ3) is 2.56. The van der Waals surface area contributed by atoms with Crippen LogP contribution >= 0.6 is 0 Å². The van der Waals surface area contributed by atoms with E-state index < -0.39 is 23.5 Å². The SMILES string of the molecule is COc1cccc(F)c1C(N)c1cc(F)ccc1F. The third-order valence-corrected chi connectivity index (χ3v) is 2.84. The summed E-state index contributed by atoms with van der Waals surface area (Å²) < 4.78 is 45.7.